The van der Waals surface area contributed by atoms with Gasteiger partial charge in [0.15, 0.2) is 0 Å². The van der Waals surface area contributed by atoms with E-state index in [2.05, 4.69) is 6.92 Å². The van der Waals surface area contributed by atoms with Crippen molar-refractivity contribution in [1.29, 1.82) is 0 Å². The second kappa shape index (κ2) is 7.42. The van der Waals surface area contributed by atoms with Crippen LogP contribution in [0.3, 0.4) is 0 Å². The first-order valence-electron chi connectivity index (χ1n) is 7.36. The Morgan fingerprint density at radius 1 is 1.11 bits per heavy atom. The van der Waals surface area contributed by atoms with Gasteiger partial charge in [-0.15, -0.1) is 0 Å². The molecule has 0 amide bonds. The Balaban J connectivity index is 1.51. The van der Waals surface area contributed by atoms with Crippen LogP contribution in [-0.4, -0.2) is 26.2 Å². The van der Waals surface area contributed by atoms with Crippen LogP contribution in [0.1, 0.15) is 32.6 Å². The van der Waals surface area contributed by atoms with Crippen LogP contribution in [0, 0.1) is 5.92 Å². The van der Waals surface area contributed by atoms with Crippen LogP contribution in [0.4, 0.5) is 0 Å². The highest BCUT2D eigenvalue weighted by Gasteiger charge is 2.17. The summed E-state index contributed by atoms with van der Waals surface area (Å²) < 4.78 is 5.70. The Morgan fingerprint density at radius 3 is 2.56 bits per heavy atom. The van der Waals surface area contributed by atoms with Gasteiger partial charge in [0.25, 0.3) is 0 Å². The molecule has 2 rings (SSSR count). The van der Waals surface area contributed by atoms with Gasteiger partial charge in [-0.05, 0) is 43.7 Å². The number of likely N-dealkylation sites (tertiary alicyclic amines) is 1. The first kappa shape index (κ1) is 13.4. The SMILES string of the molecule is CC1CC[NH+](CCCCOc2ccccc2)CC1. The number of nitrogens with one attached hydrogen (secondary N) is 1. The number of quaternary nitrogens is 1. The van der Waals surface area contributed by atoms with E-state index in [1.54, 1.807) is 4.90 Å². The maximum atomic E-state index is 5.70. The van der Waals surface area contributed by atoms with Gasteiger partial charge in [-0.2, -0.15) is 0 Å². The molecule has 0 saturated carbocycles. The molecule has 1 aliphatic heterocycles. The lowest BCUT2D eigenvalue weighted by Gasteiger charge is -2.27. The summed E-state index contributed by atoms with van der Waals surface area (Å²) in [5.41, 5.74) is 0. The summed E-state index contributed by atoms with van der Waals surface area (Å²) in [7, 11) is 0. The fraction of sp³-hybridized carbons (Fsp3) is 0.625. The van der Waals surface area contributed by atoms with E-state index in [9.17, 15) is 0 Å². The molecule has 100 valence electrons. The second-order valence-corrected chi connectivity index (χ2v) is 5.55. The van der Waals surface area contributed by atoms with Gasteiger partial charge in [0, 0.05) is 0 Å². The number of rotatable bonds is 6. The smallest absolute Gasteiger partial charge is 0.119 e. The lowest BCUT2D eigenvalue weighted by atomic mass is 9.99. The Bertz CT molecular complexity index is 317. The van der Waals surface area contributed by atoms with Gasteiger partial charge in [-0.1, -0.05) is 25.1 Å². The van der Waals surface area contributed by atoms with Crippen molar-refractivity contribution >= 4 is 0 Å². The molecule has 2 heteroatoms. The number of hydrogen-bond acceptors (Lipinski definition) is 1. The molecule has 18 heavy (non-hydrogen) atoms. The predicted molar refractivity (Wildman–Crippen MR) is 75.1 cm³/mol. The minimum absolute atomic E-state index is 0.855. The summed E-state index contributed by atoms with van der Waals surface area (Å²) >= 11 is 0. The number of para-hydroxylation sites is 1. The Morgan fingerprint density at radius 2 is 1.83 bits per heavy atom. The monoisotopic (exact) mass is 248 g/mol. The van der Waals surface area contributed by atoms with Crippen LogP contribution >= 0.6 is 0 Å². The minimum Gasteiger partial charge on any atom is -0.494 e. The molecule has 0 spiro atoms. The number of benzene rings is 1. The van der Waals surface area contributed by atoms with Gasteiger partial charge in [-0.25, -0.2) is 0 Å². The third-order valence-electron chi connectivity index (χ3n) is 3.92. The topological polar surface area (TPSA) is 13.7 Å². The number of hydrogen-bond donors (Lipinski definition) is 1. The van der Waals surface area contributed by atoms with Crippen molar-refractivity contribution in [2.24, 2.45) is 5.92 Å². The summed E-state index contributed by atoms with van der Waals surface area (Å²) in [4.78, 5) is 1.80. The Labute approximate surface area is 111 Å². The number of piperidine rings is 1. The standard InChI is InChI=1S/C16H25NO/c1-15-9-12-17(13-10-15)11-5-6-14-18-16-7-3-2-4-8-16/h2-4,7-8,15H,5-6,9-14H2,1H3/p+1. The van der Waals surface area contributed by atoms with E-state index in [4.69, 9.17) is 4.74 Å². The molecule has 2 nitrogen and oxygen atoms in total. The van der Waals surface area contributed by atoms with Gasteiger partial charge < -0.3 is 9.64 Å². The molecule has 0 unspecified atom stereocenters. The van der Waals surface area contributed by atoms with Crippen LogP contribution < -0.4 is 9.64 Å². The zero-order chi connectivity index (χ0) is 12.6. The normalized spacial score (nSPS) is 23.8. The number of unbranched alkanes of at least 4 members (excludes halogenated alkanes) is 1. The fourth-order valence-corrected chi connectivity index (χ4v) is 2.60. The molecule has 0 atom stereocenters. The molecule has 1 aromatic rings. The molecule has 0 bridgehead atoms. The minimum atomic E-state index is 0.855. The zero-order valence-corrected chi connectivity index (χ0v) is 11.5. The Hall–Kier alpha value is -1.02. The quantitative estimate of drug-likeness (QED) is 0.762. The van der Waals surface area contributed by atoms with Gasteiger partial charge in [0.2, 0.25) is 0 Å². The van der Waals surface area contributed by atoms with Crippen molar-refractivity contribution in [3.63, 3.8) is 0 Å². The first-order valence-corrected chi connectivity index (χ1v) is 7.36. The van der Waals surface area contributed by atoms with Crippen molar-refractivity contribution in [1.82, 2.24) is 0 Å². The molecular formula is C16H26NO+. The molecule has 0 aromatic heterocycles. The highest BCUT2D eigenvalue weighted by atomic mass is 16.5. The Kier molecular flexibility index (Phi) is 5.53. The molecule has 1 saturated heterocycles. The van der Waals surface area contributed by atoms with E-state index < -0.39 is 0 Å². The molecule has 1 N–H and O–H groups in total. The van der Waals surface area contributed by atoms with Crippen molar-refractivity contribution in [2.45, 2.75) is 32.6 Å². The van der Waals surface area contributed by atoms with E-state index in [0.717, 1.165) is 18.3 Å². The molecule has 1 fully saturated rings. The van der Waals surface area contributed by atoms with E-state index in [-0.39, 0.29) is 0 Å². The highest BCUT2D eigenvalue weighted by molar-refractivity contribution is 5.20. The molecule has 1 aliphatic rings. The van der Waals surface area contributed by atoms with Gasteiger partial charge in [0.1, 0.15) is 5.75 Å². The van der Waals surface area contributed by atoms with Gasteiger partial charge >= 0.3 is 0 Å². The van der Waals surface area contributed by atoms with Crippen molar-refractivity contribution < 1.29 is 9.64 Å². The van der Waals surface area contributed by atoms with Gasteiger partial charge in [-0.3, -0.25) is 0 Å². The van der Waals surface area contributed by atoms with Gasteiger partial charge in [0.05, 0.1) is 26.2 Å². The summed E-state index contributed by atoms with van der Waals surface area (Å²) in [5.74, 6) is 1.95. The molecular weight excluding hydrogens is 222 g/mol. The molecule has 0 radical (unpaired) electrons. The van der Waals surface area contributed by atoms with Crippen LogP contribution in [0.15, 0.2) is 30.3 Å². The highest BCUT2D eigenvalue weighted by Crippen LogP contribution is 2.09. The average molecular weight is 248 g/mol. The summed E-state index contributed by atoms with van der Waals surface area (Å²) in [5, 5.41) is 0. The van der Waals surface area contributed by atoms with Crippen LogP contribution in [0.25, 0.3) is 0 Å². The lowest BCUT2D eigenvalue weighted by molar-refractivity contribution is -0.906. The first-order chi connectivity index (χ1) is 8.84. The summed E-state index contributed by atoms with van der Waals surface area (Å²) in [6.45, 7) is 7.31. The zero-order valence-electron chi connectivity index (χ0n) is 11.5. The largest absolute Gasteiger partial charge is 0.494 e. The van der Waals surface area contributed by atoms with Crippen LogP contribution in [0.2, 0.25) is 0 Å². The second-order valence-electron chi connectivity index (χ2n) is 5.55. The predicted octanol–water partition coefficient (Wildman–Crippen LogP) is 2.16. The lowest BCUT2D eigenvalue weighted by Crippen LogP contribution is -3.13. The van der Waals surface area contributed by atoms with Crippen molar-refractivity contribution in [2.75, 3.05) is 26.2 Å². The van der Waals surface area contributed by atoms with Crippen LogP contribution in [0.5, 0.6) is 5.75 Å². The van der Waals surface area contributed by atoms with Crippen LogP contribution in [-0.2, 0) is 0 Å². The number of ether oxygens (including phenoxy) is 1. The summed E-state index contributed by atoms with van der Waals surface area (Å²) in [6.07, 6.45) is 5.29. The van der Waals surface area contributed by atoms with E-state index in [1.165, 1.54) is 45.3 Å². The fourth-order valence-electron chi connectivity index (χ4n) is 2.60. The van der Waals surface area contributed by atoms with E-state index in [1.807, 2.05) is 30.3 Å². The average Bonchev–Trinajstić information content (AvgIpc) is 2.42. The molecule has 0 aliphatic carbocycles. The maximum absolute atomic E-state index is 5.70. The van der Waals surface area contributed by atoms with Crippen molar-refractivity contribution in [3.8, 4) is 5.75 Å². The third-order valence-corrected chi connectivity index (χ3v) is 3.92. The summed E-state index contributed by atoms with van der Waals surface area (Å²) in [6, 6.07) is 10.1. The maximum Gasteiger partial charge on any atom is 0.119 e. The molecule has 1 aromatic carbocycles. The van der Waals surface area contributed by atoms with E-state index >= 15 is 0 Å². The van der Waals surface area contributed by atoms with E-state index in [0.29, 0.717) is 0 Å². The molecule has 1 heterocycles. The third kappa shape index (κ3) is 4.69. The van der Waals surface area contributed by atoms with Crippen molar-refractivity contribution in [3.05, 3.63) is 30.3 Å².